The molecule has 2 aromatic rings. The van der Waals surface area contributed by atoms with Crippen molar-refractivity contribution in [3.05, 3.63) is 34.5 Å². The fourth-order valence-electron chi connectivity index (χ4n) is 2.25. The van der Waals surface area contributed by atoms with Gasteiger partial charge in [-0.2, -0.15) is 0 Å². The van der Waals surface area contributed by atoms with E-state index in [1.165, 1.54) is 16.8 Å². The van der Waals surface area contributed by atoms with Crippen LogP contribution in [0.4, 0.5) is 0 Å². The quantitative estimate of drug-likeness (QED) is 0.833. The van der Waals surface area contributed by atoms with E-state index in [0.29, 0.717) is 6.54 Å². The molecule has 2 rings (SSSR count). The van der Waals surface area contributed by atoms with Crippen LogP contribution in [0.15, 0.2) is 18.2 Å². The summed E-state index contributed by atoms with van der Waals surface area (Å²) in [6.07, 6.45) is 0.980. The van der Waals surface area contributed by atoms with E-state index in [1.807, 2.05) is 12.1 Å². The lowest BCUT2D eigenvalue weighted by atomic mass is 10.1. The van der Waals surface area contributed by atoms with Crippen LogP contribution in [0.25, 0.3) is 10.9 Å². The van der Waals surface area contributed by atoms with E-state index >= 15 is 0 Å². The molecule has 0 aliphatic rings. The fourth-order valence-corrected chi connectivity index (χ4v) is 2.54. The Morgan fingerprint density at radius 1 is 1.40 bits per heavy atom. The average molecular weight is 223 g/mol. The van der Waals surface area contributed by atoms with Crippen molar-refractivity contribution in [2.24, 2.45) is 12.8 Å². The molecule has 0 saturated heterocycles. The maximum absolute atomic E-state index is 6.21. The van der Waals surface area contributed by atoms with Crippen LogP contribution in [-0.2, 0) is 20.0 Å². The lowest BCUT2D eigenvalue weighted by molar-refractivity contribution is 0.842. The highest BCUT2D eigenvalue weighted by Crippen LogP contribution is 2.31. The van der Waals surface area contributed by atoms with Crippen LogP contribution < -0.4 is 5.73 Å². The third-order valence-electron chi connectivity index (χ3n) is 2.95. The molecule has 2 N–H and O–H groups in total. The standard InChI is InChI=1S/C12H15ClN2/c1-3-10-8(7-14)12-9(13)5-4-6-11(12)15(10)2/h4-6H,3,7,14H2,1-2H3. The molecule has 0 fully saturated rings. The van der Waals surface area contributed by atoms with Crippen LogP contribution in [0, 0.1) is 0 Å². The molecule has 1 aromatic carbocycles. The van der Waals surface area contributed by atoms with Crippen molar-refractivity contribution < 1.29 is 0 Å². The summed E-state index contributed by atoms with van der Waals surface area (Å²) in [5.74, 6) is 0. The molecule has 2 nitrogen and oxygen atoms in total. The zero-order valence-corrected chi connectivity index (χ0v) is 9.80. The minimum absolute atomic E-state index is 0.546. The van der Waals surface area contributed by atoms with Gasteiger partial charge in [0.1, 0.15) is 0 Å². The van der Waals surface area contributed by atoms with Gasteiger partial charge in [-0.25, -0.2) is 0 Å². The number of benzene rings is 1. The number of rotatable bonds is 2. The van der Waals surface area contributed by atoms with Crippen molar-refractivity contribution in [1.29, 1.82) is 0 Å². The van der Waals surface area contributed by atoms with Crippen molar-refractivity contribution in [3.63, 3.8) is 0 Å². The van der Waals surface area contributed by atoms with Gasteiger partial charge in [-0.15, -0.1) is 0 Å². The van der Waals surface area contributed by atoms with Crippen LogP contribution in [-0.4, -0.2) is 4.57 Å². The number of halogens is 1. The van der Waals surface area contributed by atoms with Gasteiger partial charge < -0.3 is 10.3 Å². The summed E-state index contributed by atoms with van der Waals surface area (Å²) in [5.41, 5.74) is 9.43. The molecule has 0 saturated carbocycles. The monoisotopic (exact) mass is 222 g/mol. The minimum Gasteiger partial charge on any atom is -0.347 e. The summed E-state index contributed by atoms with van der Waals surface area (Å²) in [4.78, 5) is 0. The van der Waals surface area contributed by atoms with E-state index < -0.39 is 0 Å². The lowest BCUT2D eigenvalue weighted by Gasteiger charge is -2.02. The van der Waals surface area contributed by atoms with Crippen molar-refractivity contribution >= 4 is 22.5 Å². The van der Waals surface area contributed by atoms with Gasteiger partial charge in [0.05, 0.1) is 5.02 Å². The third kappa shape index (κ3) is 1.45. The predicted molar refractivity (Wildman–Crippen MR) is 65.2 cm³/mol. The van der Waals surface area contributed by atoms with Crippen LogP contribution in [0.2, 0.25) is 5.02 Å². The Balaban J connectivity index is 2.91. The fraction of sp³-hybridized carbons (Fsp3) is 0.333. The molecule has 0 amide bonds. The third-order valence-corrected chi connectivity index (χ3v) is 3.26. The second kappa shape index (κ2) is 3.87. The van der Waals surface area contributed by atoms with E-state index in [2.05, 4.69) is 24.6 Å². The molecule has 1 aromatic heterocycles. The molecular weight excluding hydrogens is 208 g/mol. The number of nitrogens with zero attached hydrogens (tertiary/aromatic N) is 1. The normalized spacial score (nSPS) is 11.2. The van der Waals surface area contributed by atoms with Crippen molar-refractivity contribution in [2.45, 2.75) is 19.9 Å². The Labute approximate surface area is 94.6 Å². The van der Waals surface area contributed by atoms with E-state index in [9.17, 15) is 0 Å². The number of fused-ring (bicyclic) bond motifs is 1. The van der Waals surface area contributed by atoms with Gasteiger partial charge >= 0.3 is 0 Å². The Hall–Kier alpha value is -0.990. The highest BCUT2D eigenvalue weighted by molar-refractivity contribution is 6.35. The average Bonchev–Trinajstić information content (AvgIpc) is 2.53. The van der Waals surface area contributed by atoms with E-state index in [-0.39, 0.29) is 0 Å². The molecule has 0 spiro atoms. The van der Waals surface area contributed by atoms with Gasteiger partial charge in [0.2, 0.25) is 0 Å². The van der Waals surface area contributed by atoms with Gasteiger partial charge in [-0.1, -0.05) is 24.6 Å². The first-order chi connectivity index (χ1) is 7.20. The summed E-state index contributed by atoms with van der Waals surface area (Å²) in [5, 5.41) is 1.91. The maximum Gasteiger partial charge on any atom is 0.0503 e. The first kappa shape index (κ1) is 10.5. The SMILES string of the molecule is CCc1c(CN)c2c(Cl)cccc2n1C. The molecule has 0 aliphatic carbocycles. The minimum atomic E-state index is 0.546. The van der Waals surface area contributed by atoms with Gasteiger partial charge in [0, 0.05) is 30.2 Å². The molecule has 80 valence electrons. The summed E-state index contributed by atoms with van der Waals surface area (Å²) in [7, 11) is 2.07. The Bertz CT molecular complexity index is 500. The molecule has 15 heavy (non-hydrogen) atoms. The summed E-state index contributed by atoms with van der Waals surface area (Å²) in [6.45, 7) is 2.69. The van der Waals surface area contributed by atoms with Gasteiger partial charge in [0.25, 0.3) is 0 Å². The number of aromatic nitrogens is 1. The van der Waals surface area contributed by atoms with E-state index in [0.717, 1.165) is 16.8 Å². The van der Waals surface area contributed by atoms with Gasteiger partial charge in [-0.3, -0.25) is 0 Å². The zero-order valence-electron chi connectivity index (χ0n) is 9.05. The number of hydrogen-bond acceptors (Lipinski definition) is 1. The molecule has 3 heteroatoms. The van der Waals surface area contributed by atoms with Crippen LogP contribution >= 0.6 is 11.6 Å². The topological polar surface area (TPSA) is 30.9 Å². The Kier molecular flexibility index (Phi) is 2.72. The lowest BCUT2D eigenvalue weighted by Crippen LogP contribution is -2.02. The van der Waals surface area contributed by atoms with Crippen molar-refractivity contribution in [3.8, 4) is 0 Å². The molecule has 0 aliphatic heterocycles. The zero-order chi connectivity index (χ0) is 11.0. The van der Waals surface area contributed by atoms with Crippen LogP contribution in [0.5, 0.6) is 0 Å². The largest absolute Gasteiger partial charge is 0.347 e. The molecule has 0 unspecified atom stereocenters. The second-order valence-electron chi connectivity index (χ2n) is 3.68. The predicted octanol–water partition coefficient (Wildman–Crippen LogP) is 2.85. The highest BCUT2D eigenvalue weighted by Gasteiger charge is 2.14. The van der Waals surface area contributed by atoms with Crippen molar-refractivity contribution in [1.82, 2.24) is 4.57 Å². The summed E-state index contributed by atoms with van der Waals surface area (Å²) < 4.78 is 2.18. The first-order valence-corrected chi connectivity index (χ1v) is 5.53. The number of nitrogens with two attached hydrogens (primary N) is 1. The summed E-state index contributed by atoms with van der Waals surface area (Å²) >= 11 is 6.21. The van der Waals surface area contributed by atoms with Crippen LogP contribution in [0.1, 0.15) is 18.2 Å². The Morgan fingerprint density at radius 3 is 2.73 bits per heavy atom. The molecule has 1 heterocycles. The number of hydrogen-bond donors (Lipinski definition) is 1. The molecule has 0 atom stereocenters. The second-order valence-corrected chi connectivity index (χ2v) is 4.08. The van der Waals surface area contributed by atoms with E-state index in [4.69, 9.17) is 17.3 Å². The molecule has 0 bridgehead atoms. The van der Waals surface area contributed by atoms with E-state index in [1.54, 1.807) is 0 Å². The highest BCUT2D eigenvalue weighted by atomic mass is 35.5. The Morgan fingerprint density at radius 2 is 2.13 bits per heavy atom. The molecule has 0 radical (unpaired) electrons. The smallest absolute Gasteiger partial charge is 0.0503 e. The van der Waals surface area contributed by atoms with Crippen molar-refractivity contribution in [2.75, 3.05) is 0 Å². The van der Waals surface area contributed by atoms with Gasteiger partial charge in [-0.05, 0) is 24.1 Å². The maximum atomic E-state index is 6.21. The summed E-state index contributed by atoms with van der Waals surface area (Å²) in [6, 6.07) is 5.98. The molecular formula is C12H15ClN2. The first-order valence-electron chi connectivity index (χ1n) is 5.15. The van der Waals surface area contributed by atoms with Gasteiger partial charge in [0.15, 0.2) is 0 Å². The van der Waals surface area contributed by atoms with Crippen LogP contribution in [0.3, 0.4) is 0 Å². The number of aryl methyl sites for hydroxylation is 1.